The van der Waals surface area contributed by atoms with E-state index >= 15 is 0 Å². The summed E-state index contributed by atoms with van der Waals surface area (Å²) in [5, 5.41) is 7.14. The molecule has 0 aliphatic heterocycles. The maximum atomic E-state index is 11.8. The molecule has 2 N–H and O–H groups in total. The van der Waals surface area contributed by atoms with Crippen LogP contribution in [0.2, 0.25) is 0 Å². The average Bonchev–Trinajstić information content (AvgIpc) is 3.27. The van der Waals surface area contributed by atoms with Gasteiger partial charge >= 0.3 is 0 Å². The molecule has 104 valence electrons. The molecule has 1 heterocycles. The maximum absolute atomic E-state index is 11.8. The molecule has 5 heteroatoms. The Bertz CT molecular complexity index is 640. The van der Waals surface area contributed by atoms with Crippen molar-refractivity contribution < 1.29 is 4.79 Å². The molecule has 0 saturated heterocycles. The quantitative estimate of drug-likeness (QED) is 0.884. The second-order valence-electron chi connectivity index (χ2n) is 5.12. The van der Waals surface area contributed by atoms with E-state index in [0.29, 0.717) is 12.5 Å². The Morgan fingerprint density at radius 1 is 1.35 bits per heavy atom. The van der Waals surface area contributed by atoms with Gasteiger partial charge < -0.3 is 10.6 Å². The third-order valence-corrected chi connectivity index (χ3v) is 3.92. The van der Waals surface area contributed by atoms with Crippen LogP contribution < -0.4 is 10.6 Å². The van der Waals surface area contributed by atoms with Gasteiger partial charge in [0.15, 0.2) is 0 Å². The van der Waals surface area contributed by atoms with E-state index in [1.165, 1.54) is 12.8 Å². The number of pyridine rings is 1. The zero-order chi connectivity index (χ0) is 13.9. The van der Waals surface area contributed by atoms with Crippen LogP contribution in [0, 0.1) is 5.92 Å². The normalized spacial score (nSPS) is 14.2. The lowest BCUT2D eigenvalue weighted by Crippen LogP contribution is -2.31. The molecule has 1 aromatic heterocycles. The van der Waals surface area contributed by atoms with Gasteiger partial charge in [-0.2, -0.15) is 0 Å². The van der Waals surface area contributed by atoms with Gasteiger partial charge in [-0.1, -0.05) is 15.9 Å². The summed E-state index contributed by atoms with van der Waals surface area (Å²) in [7, 11) is 0. The predicted octanol–water partition coefficient (Wildman–Crippen LogP) is 2.94. The van der Waals surface area contributed by atoms with E-state index in [4.69, 9.17) is 0 Å². The van der Waals surface area contributed by atoms with Crippen molar-refractivity contribution in [1.29, 1.82) is 0 Å². The Morgan fingerprint density at radius 2 is 2.20 bits per heavy atom. The summed E-state index contributed by atoms with van der Waals surface area (Å²) in [6, 6.07) is 7.81. The number of amides is 1. The smallest absolute Gasteiger partial charge is 0.239 e. The molecule has 4 nitrogen and oxygen atoms in total. The Labute approximate surface area is 126 Å². The predicted molar refractivity (Wildman–Crippen MR) is 83.7 cm³/mol. The highest BCUT2D eigenvalue weighted by atomic mass is 79.9. The van der Waals surface area contributed by atoms with E-state index in [-0.39, 0.29) is 5.91 Å². The topological polar surface area (TPSA) is 54.0 Å². The Morgan fingerprint density at radius 3 is 3.00 bits per heavy atom. The molecule has 0 bridgehead atoms. The van der Waals surface area contributed by atoms with Crippen molar-refractivity contribution in [3.63, 3.8) is 0 Å². The molecule has 3 rings (SSSR count). The summed E-state index contributed by atoms with van der Waals surface area (Å²) >= 11 is 3.46. The molecule has 1 saturated carbocycles. The first-order valence-corrected chi connectivity index (χ1v) is 7.56. The Balaban J connectivity index is 1.67. The summed E-state index contributed by atoms with van der Waals surface area (Å²) in [6.07, 6.45) is 4.24. The molecule has 1 amide bonds. The van der Waals surface area contributed by atoms with Gasteiger partial charge in [0.25, 0.3) is 0 Å². The molecule has 0 atom stereocenters. The summed E-state index contributed by atoms with van der Waals surface area (Å²) in [5.74, 6) is 0.744. The van der Waals surface area contributed by atoms with Crippen LogP contribution in [0.15, 0.2) is 34.9 Å². The van der Waals surface area contributed by atoms with Crippen molar-refractivity contribution in [2.45, 2.75) is 12.8 Å². The molecule has 20 heavy (non-hydrogen) atoms. The number of carbonyl (C=O) groups is 1. The fraction of sp³-hybridized carbons (Fsp3) is 0.333. The van der Waals surface area contributed by atoms with Gasteiger partial charge in [0.05, 0.1) is 12.1 Å². The van der Waals surface area contributed by atoms with Crippen molar-refractivity contribution in [1.82, 2.24) is 10.3 Å². The maximum Gasteiger partial charge on any atom is 0.239 e. The fourth-order valence-electron chi connectivity index (χ4n) is 2.09. The van der Waals surface area contributed by atoms with E-state index in [2.05, 4.69) is 31.5 Å². The summed E-state index contributed by atoms with van der Waals surface area (Å²) in [5.41, 5.74) is 1.84. The standard InChI is InChI=1S/C15H16BrN3O/c16-11-3-4-13-12(7-11)14(5-6-17-13)18-9-15(20)19-8-10-1-2-10/h3-7,10H,1-2,8-9H2,(H,17,18)(H,19,20). The minimum absolute atomic E-state index is 0.0388. The molecular formula is C15H16BrN3O. The number of fused-ring (bicyclic) bond motifs is 1. The number of halogens is 1. The van der Waals surface area contributed by atoms with Gasteiger partial charge in [-0.25, -0.2) is 0 Å². The van der Waals surface area contributed by atoms with Crippen LogP contribution in [0.5, 0.6) is 0 Å². The van der Waals surface area contributed by atoms with Crippen LogP contribution in [0.25, 0.3) is 10.9 Å². The molecule has 1 aromatic carbocycles. The van der Waals surface area contributed by atoms with Gasteiger partial charge in [0.1, 0.15) is 0 Å². The number of benzene rings is 1. The minimum atomic E-state index is 0.0388. The second kappa shape index (κ2) is 5.79. The van der Waals surface area contributed by atoms with Gasteiger partial charge in [0.2, 0.25) is 5.91 Å². The third kappa shape index (κ3) is 3.28. The van der Waals surface area contributed by atoms with Crippen LogP contribution in [0.4, 0.5) is 5.69 Å². The average molecular weight is 334 g/mol. The zero-order valence-electron chi connectivity index (χ0n) is 11.0. The van der Waals surface area contributed by atoms with E-state index in [1.54, 1.807) is 6.20 Å². The Kier molecular flexibility index (Phi) is 3.87. The first kappa shape index (κ1) is 13.4. The van der Waals surface area contributed by atoms with Gasteiger partial charge in [-0.3, -0.25) is 9.78 Å². The lowest BCUT2D eigenvalue weighted by molar-refractivity contribution is -0.119. The van der Waals surface area contributed by atoms with Crippen LogP contribution in [-0.4, -0.2) is 24.0 Å². The van der Waals surface area contributed by atoms with E-state index in [1.807, 2.05) is 24.3 Å². The highest BCUT2D eigenvalue weighted by molar-refractivity contribution is 9.10. The number of nitrogens with zero attached hydrogens (tertiary/aromatic N) is 1. The fourth-order valence-corrected chi connectivity index (χ4v) is 2.45. The number of hydrogen-bond acceptors (Lipinski definition) is 3. The van der Waals surface area contributed by atoms with Crippen molar-refractivity contribution in [2.24, 2.45) is 5.92 Å². The minimum Gasteiger partial charge on any atom is -0.376 e. The molecule has 1 fully saturated rings. The number of carbonyl (C=O) groups excluding carboxylic acids is 1. The molecule has 2 aromatic rings. The monoisotopic (exact) mass is 333 g/mol. The summed E-state index contributed by atoms with van der Waals surface area (Å²) < 4.78 is 0.999. The van der Waals surface area contributed by atoms with Crippen molar-refractivity contribution >= 4 is 38.4 Å². The first-order chi connectivity index (χ1) is 9.72. The van der Waals surface area contributed by atoms with E-state index in [9.17, 15) is 4.79 Å². The van der Waals surface area contributed by atoms with E-state index in [0.717, 1.165) is 27.6 Å². The van der Waals surface area contributed by atoms with Crippen LogP contribution >= 0.6 is 15.9 Å². The SMILES string of the molecule is O=C(CNc1ccnc2ccc(Br)cc12)NCC1CC1. The van der Waals surface area contributed by atoms with Gasteiger partial charge in [-0.05, 0) is 43.0 Å². The third-order valence-electron chi connectivity index (χ3n) is 3.43. The second-order valence-corrected chi connectivity index (χ2v) is 6.04. The number of hydrogen-bond donors (Lipinski definition) is 2. The molecule has 1 aliphatic carbocycles. The summed E-state index contributed by atoms with van der Waals surface area (Å²) in [6.45, 7) is 1.10. The molecule has 0 radical (unpaired) electrons. The van der Waals surface area contributed by atoms with Gasteiger partial charge in [0, 0.05) is 28.3 Å². The lowest BCUT2D eigenvalue weighted by Gasteiger charge is -2.10. The van der Waals surface area contributed by atoms with Crippen LogP contribution in [0.3, 0.4) is 0 Å². The number of aromatic nitrogens is 1. The number of nitrogens with one attached hydrogen (secondary N) is 2. The van der Waals surface area contributed by atoms with Crippen molar-refractivity contribution in [3.8, 4) is 0 Å². The van der Waals surface area contributed by atoms with E-state index < -0.39 is 0 Å². The first-order valence-electron chi connectivity index (χ1n) is 6.77. The zero-order valence-corrected chi connectivity index (χ0v) is 12.6. The van der Waals surface area contributed by atoms with Crippen LogP contribution in [0.1, 0.15) is 12.8 Å². The van der Waals surface area contributed by atoms with Gasteiger partial charge in [-0.15, -0.1) is 0 Å². The van der Waals surface area contributed by atoms with Crippen LogP contribution in [-0.2, 0) is 4.79 Å². The number of anilines is 1. The van der Waals surface area contributed by atoms with Crippen molar-refractivity contribution in [3.05, 3.63) is 34.9 Å². The Hall–Kier alpha value is -1.62. The lowest BCUT2D eigenvalue weighted by atomic mass is 10.2. The molecule has 0 spiro atoms. The highest BCUT2D eigenvalue weighted by Crippen LogP contribution is 2.27. The highest BCUT2D eigenvalue weighted by Gasteiger charge is 2.21. The molecule has 0 unspecified atom stereocenters. The molecular weight excluding hydrogens is 318 g/mol. The molecule has 1 aliphatic rings. The largest absolute Gasteiger partial charge is 0.376 e. The van der Waals surface area contributed by atoms with Crippen molar-refractivity contribution in [2.75, 3.05) is 18.4 Å². The summed E-state index contributed by atoms with van der Waals surface area (Å²) in [4.78, 5) is 16.1. The number of rotatable bonds is 5.